The van der Waals surface area contributed by atoms with Crippen molar-refractivity contribution in [2.75, 3.05) is 13.2 Å². The summed E-state index contributed by atoms with van der Waals surface area (Å²) in [4.78, 5) is 23.4. The highest BCUT2D eigenvalue weighted by atomic mass is 79.9. The number of hydrogen-bond acceptors (Lipinski definition) is 3. The number of carbonyl (C=O) groups is 2. The van der Waals surface area contributed by atoms with Gasteiger partial charge in [0.1, 0.15) is 5.75 Å². The van der Waals surface area contributed by atoms with Crippen LogP contribution in [-0.4, -0.2) is 25.1 Å². The standard InChI is InChI=1S/C19H20BrN3O3/c20-14-4-5-17-15(11-14)16(7-9-26-17)23-19(25)22-8-6-12-2-1-3-13(10-12)18(21)24/h1-5,10-11,16H,6-9H2,(H2,21,24)(H2,22,23,25). The maximum Gasteiger partial charge on any atom is 0.315 e. The van der Waals surface area contributed by atoms with E-state index in [1.807, 2.05) is 24.3 Å². The minimum Gasteiger partial charge on any atom is -0.493 e. The molecule has 0 aliphatic carbocycles. The number of nitrogens with two attached hydrogens (primary N) is 1. The molecule has 2 aromatic rings. The van der Waals surface area contributed by atoms with Crippen LogP contribution in [0.3, 0.4) is 0 Å². The first-order valence-corrected chi connectivity index (χ1v) is 9.17. The summed E-state index contributed by atoms with van der Waals surface area (Å²) in [6.45, 7) is 1.03. The van der Waals surface area contributed by atoms with E-state index in [1.54, 1.807) is 18.2 Å². The molecule has 6 nitrogen and oxygen atoms in total. The monoisotopic (exact) mass is 417 g/mol. The normalized spacial score (nSPS) is 15.5. The molecule has 3 amide bonds. The molecule has 0 fully saturated rings. The molecule has 1 unspecified atom stereocenters. The smallest absolute Gasteiger partial charge is 0.315 e. The molecule has 2 aromatic carbocycles. The summed E-state index contributed by atoms with van der Waals surface area (Å²) in [5.41, 5.74) is 7.66. The van der Waals surface area contributed by atoms with Crippen molar-refractivity contribution in [1.29, 1.82) is 0 Å². The molecular formula is C19H20BrN3O3. The summed E-state index contributed by atoms with van der Waals surface area (Å²) in [6.07, 6.45) is 1.34. The Balaban J connectivity index is 1.53. The molecule has 0 saturated carbocycles. The van der Waals surface area contributed by atoms with Gasteiger partial charge in [-0.25, -0.2) is 4.79 Å². The van der Waals surface area contributed by atoms with E-state index in [-0.39, 0.29) is 12.1 Å². The van der Waals surface area contributed by atoms with E-state index >= 15 is 0 Å². The first kappa shape index (κ1) is 18.3. The van der Waals surface area contributed by atoms with E-state index < -0.39 is 5.91 Å². The molecule has 4 N–H and O–H groups in total. The molecule has 0 spiro atoms. The number of carbonyl (C=O) groups excluding carboxylic acids is 2. The minimum absolute atomic E-state index is 0.0885. The van der Waals surface area contributed by atoms with E-state index in [2.05, 4.69) is 26.6 Å². The van der Waals surface area contributed by atoms with Gasteiger partial charge in [-0.2, -0.15) is 0 Å². The van der Waals surface area contributed by atoms with Gasteiger partial charge in [0.25, 0.3) is 0 Å². The number of urea groups is 1. The first-order chi connectivity index (χ1) is 12.5. The lowest BCUT2D eigenvalue weighted by molar-refractivity contribution is 0.1000. The SMILES string of the molecule is NC(=O)c1cccc(CCNC(=O)NC2CCOc3ccc(Br)cc32)c1. The predicted molar refractivity (Wildman–Crippen MR) is 102 cm³/mol. The third kappa shape index (κ3) is 4.54. The van der Waals surface area contributed by atoms with Gasteiger partial charge in [-0.1, -0.05) is 28.1 Å². The number of rotatable bonds is 5. The lowest BCUT2D eigenvalue weighted by atomic mass is 10.0. The summed E-state index contributed by atoms with van der Waals surface area (Å²) < 4.78 is 6.58. The number of fused-ring (bicyclic) bond motifs is 1. The number of nitrogens with one attached hydrogen (secondary N) is 2. The average Bonchev–Trinajstić information content (AvgIpc) is 2.62. The van der Waals surface area contributed by atoms with Gasteiger partial charge in [-0.15, -0.1) is 0 Å². The summed E-state index contributed by atoms with van der Waals surface area (Å²) in [5.74, 6) is 0.343. The molecule has 3 rings (SSSR count). The maximum atomic E-state index is 12.2. The van der Waals surface area contributed by atoms with Crippen molar-refractivity contribution in [3.8, 4) is 5.75 Å². The van der Waals surface area contributed by atoms with Crippen molar-refractivity contribution in [3.05, 3.63) is 63.6 Å². The Hall–Kier alpha value is -2.54. The number of primary amides is 1. The topological polar surface area (TPSA) is 93.5 Å². The molecule has 136 valence electrons. The van der Waals surface area contributed by atoms with Gasteiger partial charge in [0.2, 0.25) is 5.91 Å². The highest BCUT2D eigenvalue weighted by Gasteiger charge is 2.23. The van der Waals surface area contributed by atoms with E-state index in [1.165, 1.54) is 0 Å². The van der Waals surface area contributed by atoms with E-state index in [0.29, 0.717) is 25.1 Å². The summed E-state index contributed by atoms with van der Waals surface area (Å²) in [5, 5.41) is 5.85. The average molecular weight is 418 g/mol. The van der Waals surface area contributed by atoms with Crippen LogP contribution >= 0.6 is 15.9 Å². The number of halogens is 1. The highest BCUT2D eigenvalue weighted by molar-refractivity contribution is 9.10. The molecule has 1 heterocycles. The van der Waals surface area contributed by atoms with Crippen molar-refractivity contribution in [2.24, 2.45) is 5.73 Å². The van der Waals surface area contributed by atoms with Crippen LogP contribution in [0, 0.1) is 0 Å². The quantitative estimate of drug-likeness (QED) is 0.697. The molecule has 0 aromatic heterocycles. The third-order valence-electron chi connectivity index (χ3n) is 4.23. The Labute approximate surface area is 160 Å². The lowest BCUT2D eigenvalue weighted by Crippen LogP contribution is -2.40. The minimum atomic E-state index is -0.457. The lowest BCUT2D eigenvalue weighted by Gasteiger charge is -2.27. The van der Waals surface area contributed by atoms with Crippen LogP contribution in [0.4, 0.5) is 4.79 Å². The Kier molecular flexibility index (Phi) is 5.78. The Morgan fingerprint density at radius 1 is 1.23 bits per heavy atom. The van der Waals surface area contributed by atoms with Gasteiger partial charge < -0.3 is 21.1 Å². The molecule has 0 saturated heterocycles. The molecule has 0 bridgehead atoms. The predicted octanol–water partition coefficient (Wildman–Crippen LogP) is 2.91. The van der Waals surface area contributed by atoms with Crippen molar-refractivity contribution in [2.45, 2.75) is 18.9 Å². The van der Waals surface area contributed by atoms with Gasteiger partial charge in [0, 0.05) is 28.6 Å². The molecule has 0 radical (unpaired) electrons. The van der Waals surface area contributed by atoms with Crippen molar-refractivity contribution >= 4 is 27.9 Å². The van der Waals surface area contributed by atoms with Crippen LogP contribution in [0.5, 0.6) is 5.75 Å². The largest absolute Gasteiger partial charge is 0.493 e. The highest BCUT2D eigenvalue weighted by Crippen LogP contribution is 2.33. The number of benzene rings is 2. The van der Waals surface area contributed by atoms with Crippen LogP contribution in [0.2, 0.25) is 0 Å². The second-order valence-electron chi connectivity index (χ2n) is 6.09. The molecule has 1 aliphatic heterocycles. The third-order valence-corrected chi connectivity index (χ3v) is 4.72. The van der Waals surface area contributed by atoms with Crippen molar-refractivity contribution < 1.29 is 14.3 Å². The fourth-order valence-electron chi connectivity index (χ4n) is 2.92. The first-order valence-electron chi connectivity index (χ1n) is 8.38. The molecular weight excluding hydrogens is 398 g/mol. The fourth-order valence-corrected chi connectivity index (χ4v) is 3.30. The van der Waals surface area contributed by atoms with Crippen LogP contribution in [0.1, 0.15) is 33.9 Å². The Morgan fingerprint density at radius 2 is 2.08 bits per heavy atom. The summed E-state index contributed by atoms with van der Waals surface area (Å²) >= 11 is 3.45. The zero-order chi connectivity index (χ0) is 18.5. The zero-order valence-corrected chi connectivity index (χ0v) is 15.7. The molecule has 1 atom stereocenters. The van der Waals surface area contributed by atoms with Gasteiger partial charge in [-0.3, -0.25) is 4.79 Å². The second kappa shape index (κ2) is 8.23. The number of ether oxygens (including phenoxy) is 1. The van der Waals surface area contributed by atoms with Gasteiger partial charge in [0.05, 0.1) is 12.6 Å². The van der Waals surface area contributed by atoms with E-state index in [0.717, 1.165) is 27.8 Å². The fraction of sp³-hybridized carbons (Fsp3) is 0.263. The molecule has 1 aliphatic rings. The number of hydrogen-bond donors (Lipinski definition) is 3. The van der Waals surface area contributed by atoms with Crippen LogP contribution < -0.4 is 21.1 Å². The Morgan fingerprint density at radius 3 is 2.88 bits per heavy atom. The maximum absolute atomic E-state index is 12.2. The van der Waals surface area contributed by atoms with Crippen LogP contribution in [0.15, 0.2) is 46.9 Å². The summed E-state index contributed by atoms with van der Waals surface area (Å²) in [7, 11) is 0. The van der Waals surface area contributed by atoms with Gasteiger partial charge in [0.15, 0.2) is 0 Å². The zero-order valence-electron chi connectivity index (χ0n) is 14.1. The summed E-state index contributed by atoms with van der Waals surface area (Å²) in [6, 6.07) is 12.6. The van der Waals surface area contributed by atoms with Crippen LogP contribution in [0.25, 0.3) is 0 Å². The van der Waals surface area contributed by atoms with Gasteiger partial charge >= 0.3 is 6.03 Å². The number of amides is 3. The second-order valence-corrected chi connectivity index (χ2v) is 7.00. The molecule has 7 heteroatoms. The van der Waals surface area contributed by atoms with E-state index in [4.69, 9.17) is 10.5 Å². The van der Waals surface area contributed by atoms with Crippen molar-refractivity contribution in [3.63, 3.8) is 0 Å². The molecule has 26 heavy (non-hydrogen) atoms. The van der Waals surface area contributed by atoms with Crippen molar-refractivity contribution in [1.82, 2.24) is 10.6 Å². The Bertz CT molecular complexity index is 825. The van der Waals surface area contributed by atoms with Crippen LogP contribution in [-0.2, 0) is 6.42 Å². The van der Waals surface area contributed by atoms with Gasteiger partial charge in [-0.05, 0) is 42.3 Å². The van der Waals surface area contributed by atoms with E-state index in [9.17, 15) is 9.59 Å².